The van der Waals surface area contributed by atoms with E-state index >= 15 is 0 Å². The van der Waals surface area contributed by atoms with Crippen molar-refractivity contribution in [1.29, 1.82) is 0 Å². The van der Waals surface area contributed by atoms with E-state index in [1.807, 2.05) is 18.2 Å². The highest BCUT2D eigenvalue weighted by molar-refractivity contribution is 7.90. The summed E-state index contributed by atoms with van der Waals surface area (Å²) in [7, 11) is -3.27. The highest BCUT2D eigenvalue weighted by Crippen LogP contribution is 2.25. The van der Waals surface area contributed by atoms with Crippen LogP contribution >= 0.6 is 0 Å². The van der Waals surface area contributed by atoms with E-state index in [4.69, 9.17) is 4.42 Å². The number of hydrogen-bond donors (Lipinski definition) is 0. The molecule has 0 aliphatic heterocycles. The Labute approximate surface area is 116 Å². The van der Waals surface area contributed by atoms with Gasteiger partial charge in [-0.3, -0.25) is 4.98 Å². The Morgan fingerprint density at radius 2 is 1.90 bits per heavy atom. The number of aryl methyl sites for hydroxylation is 1. The number of nitrogens with zero attached hydrogens (tertiary/aromatic N) is 2. The normalized spacial score (nSPS) is 11.9. The van der Waals surface area contributed by atoms with Crippen LogP contribution in [-0.4, -0.2) is 24.6 Å². The predicted octanol–water partition coefficient (Wildman–Crippen LogP) is 2.60. The van der Waals surface area contributed by atoms with E-state index in [-0.39, 0.29) is 4.90 Å². The lowest BCUT2D eigenvalue weighted by Gasteiger charge is -2.03. The minimum Gasteiger partial charge on any atom is -0.441 e. The molecule has 0 amide bonds. The Morgan fingerprint density at radius 3 is 2.65 bits per heavy atom. The van der Waals surface area contributed by atoms with Crippen LogP contribution in [0.25, 0.3) is 22.2 Å². The molecule has 0 bridgehead atoms. The van der Waals surface area contributed by atoms with Gasteiger partial charge in [-0.15, -0.1) is 0 Å². The molecular weight excluding hydrogens is 276 g/mol. The minimum absolute atomic E-state index is 0.198. The third-order valence-corrected chi connectivity index (χ3v) is 4.05. The smallest absolute Gasteiger partial charge is 0.192 e. The number of rotatable bonds is 2. The molecule has 0 saturated heterocycles. The zero-order chi connectivity index (χ0) is 14.3. The van der Waals surface area contributed by atoms with Crippen molar-refractivity contribution in [3.63, 3.8) is 0 Å². The first-order valence-electron chi connectivity index (χ1n) is 5.96. The van der Waals surface area contributed by atoms with Crippen molar-refractivity contribution in [2.45, 2.75) is 11.8 Å². The van der Waals surface area contributed by atoms with Crippen molar-refractivity contribution in [3.05, 3.63) is 42.5 Å². The first kappa shape index (κ1) is 12.8. The van der Waals surface area contributed by atoms with Gasteiger partial charge in [0, 0.05) is 31.1 Å². The molecule has 2 aromatic heterocycles. The van der Waals surface area contributed by atoms with Gasteiger partial charge in [-0.2, -0.15) is 0 Å². The van der Waals surface area contributed by atoms with E-state index < -0.39 is 9.84 Å². The molecule has 0 unspecified atom stereocenters. The monoisotopic (exact) mass is 288 g/mol. The van der Waals surface area contributed by atoms with Crippen LogP contribution < -0.4 is 0 Å². The molecule has 0 spiro atoms. The van der Waals surface area contributed by atoms with Crippen LogP contribution in [0.4, 0.5) is 0 Å². The second-order valence-corrected chi connectivity index (χ2v) is 6.61. The lowest BCUT2D eigenvalue weighted by atomic mass is 10.1. The third kappa shape index (κ3) is 2.30. The summed E-state index contributed by atoms with van der Waals surface area (Å²) in [6.45, 7) is 1.78. The van der Waals surface area contributed by atoms with Gasteiger partial charge < -0.3 is 4.42 Å². The quantitative estimate of drug-likeness (QED) is 0.724. The SMILES string of the molecule is Cc1nc2ccc(-c3cncc(S(C)(=O)=O)c3)cc2o1. The Morgan fingerprint density at radius 1 is 1.10 bits per heavy atom. The van der Waals surface area contributed by atoms with Crippen LogP contribution in [0, 0.1) is 6.92 Å². The number of fused-ring (bicyclic) bond motifs is 1. The number of aromatic nitrogens is 2. The molecule has 0 fully saturated rings. The van der Waals surface area contributed by atoms with Gasteiger partial charge in [0.1, 0.15) is 5.52 Å². The lowest BCUT2D eigenvalue weighted by Crippen LogP contribution is -1.98. The largest absolute Gasteiger partial charge is 0.441 e. The zero-order valence-corrected chi connectivity index (χ0v) is 11.8. The molecule has 1 aromatic carbocycles. The topological polar surface area (TPSA) is 73.1 Å². The summed E-state index contributed by atoms with van der Waals surface area (Å²) in [4.78, 5) is 8.41. The maximum atomic E-state index is 11.6. The van der Waals surface area contributed by atoms with Crippen molar-refractivity contribution in [1.82, 2.24) is 9.97 Å². The van der Waals surface area contributed by atoms with Gasteiger partial charge in [0.15, 0.2) is 21.3 Å². The van der Waals surface area contributed by atoms with Gasteiger partial charge in [0.25, 0.3) is 0 Å². The van der Waals surface area contributed by atoms with E-state index in [2.05, 4.69) is 9.97 Å². The molecule has 3 aromatic rings. The van der Waals surface area contributed by atoms with E-state index in [1.165, 1.54) is 6.20 Å². The molecule has 5 nitrogen and oxygen atoms in total. The van der Waals surface area contributed by atoms with E-state index in [1.54, 1.807) is 19.2 Å². The van der Waals surface area contributed by atoms with E-state index in [0.29, 0.717) is 11.5 Å². The Balaban J connectivity index is 2.15. The minimum atomic E-state index is -3.27. The van der Waals surface area contributed by atoms with Crippen molar-refractivity contribution >= 4 is 20.9 Å². The van der Waals surface area contributed by atoms with Crippen LogP contribution in [0.1, 0.15) is 5.89 Å². The first-order valence-corrected chi connectivity index (χ1v) is 7.85. The average Bonchev–Trinajstić information content (AvgIpc) is 2.77. The van der Waals surface area contributed by atoms with E-state index in [0.717, 1.165) is 22.9 Å². The number of oxazole rings is 1. The summed E-state index contributed by atoms with van der Waals surface area (Å²) in [5.74, 6) is 0.597. The third-order valence-electron chi connectivity index (χ3n) is 2.97. The van der Waals surface area contributed by atoms with Gasteiger partial charge in [0.05, 0.1) is 4.90 Å². The average molecular weight is 288 g/mol. The molecule has 2 heterocycles. The predicted molar refractivity (Wildman–Crippen MR) is 75.1 cm³/mol. The number of benzene rings is 1. The summed E-state index contributed by atoms with van der Waals surface area (Å²) in [5, 5.41) is 0. The Kier molecular flexibility index (Phi) is 2.83. The molecule has 0 N–H and O–H groups in total. The molecular formula is C14H12N2O3S. The molecule has 0 saturated carbocycles. The highest BCUT2D eigenvalue weighted by atomic mass is 32.2. The fourth-order valence-electron chi connectivity index (χ4n) is 2.00. The molecule has 3 rings (SSSR count). The summed E-state index contributed by atoms with van der Waals surface area (Å²) >= 11 is 0. The number of hydrogen-bond acceptors (Lipinski definition) is 5. The first-order chi connectivity index (χ1) is 9.43. The van der Waals surface area contributed by atoms with Crippen LogP contribution in [0.2, 0.25) is 0 Å². The van der Waals surface area contributed by atoms with Gasteiger partial charge >= 0.3 is 0 Å². The van der Waals surface area contributed by atoms with Gasteiger partial charge in [-0.25, -0.2) is 13.4 Å². The van der Waals surface area contributed by atoms with E-state index in [9.17, 15) is 8.42 Å². The zero-order valence-electron chi connectivity index (χ0n) is 11.0. The van der Waals surface area contributed by atoms with Crippen molar-refractivity contribution in [2.24, 2.45) is 0 Å². The second-order valence-electron chi connectivity index (χ2n) is 4.60. The van der Waals surface area contributed by atoms with Crippen LogP contribution in [0.3, 0.4) is 0 Å². The van der Waals surface area contributed by atoms with Gasteiger partial charge in [-0.05, 0) is 23.8 Å². The molecule has 0 aliphatic rings. The molecule has 6 heteroatoms. The van der Waals surface area contributed by atoms with Gasteiger partial charge in [-0.1, -0.05) is 6.07 Å². The summed E-state index contributed by atoms with van der Waals surface area (Å²) < 4.78 is 28.6. The van der Waals surface area contributed by atoms with Crippen molar-refractivity contribution in [3.8, 4) is 11.1 Å². The van der Waals surface area contributed by atoms with Crippen LogP contribution in [0.15, 0.2) is 46.0 Å². The Bertz CT molecular complexity index is 898. The van der Waals surface area contributed by atoms with Crippen molar-refractivity contribution in [2.75, 3.05) is 6.26 Å². The molecule has 0 aliphatic carbocycles. The maximum absolute atomic E-state index is 11.6. The van der Waals surface area contributed by atoms with Crippen LogP contribution in [-0.2, 0) is 9.84 Å². The fraction of sp³-hybridized carbons (Fsp3) is 0.143. The number of pyridine rings is 1. The van der Waals surface area contributed by atoms with Crippen molar-refractivity contribution < 1.29 is 12.8 Å². The summed E-state index contributed by atoms with van der Waals surface area (Å²) in [6, 6.07) is 7.15. The Hall–Kier alpha value is -2.21. The molecule has 20 heavy (non-hydrogen) atoms. The fourth-order valence-corrected chi connectivity index (χ4v) is 2.59. The van der Waals surface area contributed by atoms with Crippen LogP contribution in [0.5, 0.6) is 0 Å². The maximum Gasteiger partial charge on any atom is 0.192 e. The second kappa shape index (κ2) is 4.42. The standard InChI is InChI=1S/C14H12N2O3S/c1-9-16-13-4-3-10(6-14(13)19-9)11-5-12(8-15-7-11)20(2,17)18/h3-8H,1-2H3. The molecule has 0 radical (unpaired) electrons. The van der Waals surface area contributed by atoms with Gasteiger partial charge in [0.2, 0.25) is 0 Å². The highest BCUT2D eigenvalue weighted by Gasteiger charge is 2.10. The lowest BCUT2D eigenvalue weighted by molar-refractivity contribution is 0.561. The summed E-state index contributed by atoms with van der Waals surface area (Å²) in [5.41, 5.74) is 3.01. The molecule has 102 valence electrons. The summed E-state index contributed by atoms with van der Waals surface area (Å²) in [6.07, 6.45) is 4.13. The number of sulfone groups is 1. The molecule has 0 atom stereocenters.